The number of benzene rings is 2. The number of ether oxygens (including phenoxy) is 1. The Hall–Kier alpha value is -4.93. The number of amides is 3. The maximum atomic E-state index is 13.4. The summed E-state index contributed by atoms with van der Waals surface area (Å²) in [6.07, 6.45) is 8.16. The van der Waals surface area contributed by atoms with Gasteiger partial charge >= 0.3 is 6.09 Å². The number of hydrogen-bond acceptors (Lipinski definition) is 6. The molecule has 45 heavy (non-hydrogen) atoms. The zero-order chi connectivity index (χ0) is 32.0. The van der Waals surface area contributed by atoms with Gasteiger partial charge in [-0.2, -0.15) is 5.10 Å². The van der Waals surface area contributed by atoms with Crippen LogP contribution in [0.15, 0.2) is 73.2 Å². The van der Waals surface area contributed by atoms with E-state index in [1.54, 1.807) is 16.9 Å². The molecule has 0 bridgehead atoms. The van der Waals surface area contributed by atoms with Crippen LogP contribution in [0.4, 0.5) is 10.7 Å². The second kappa shape index (κ2) is 13.8. The van der Waals surface area contributed by atoms with Crippen molar-refractivity contribution in [3.63, 3.8) is 0 Å². The summed E-state index contributed by atoms with van der Waals surface area (Å²) in [6, 6.07) is 17.1. The predicted molar refractivity (Wildman–Crippen MR) is 172 cm³/mol. The van der Waals surface area contributed by atoms with Crippen LogP contribution in [0, 0.1) is 0 Å². The molecule has 1 fully saturated rings. The van der Waals surface area contributed by atoms with Crippen molar-refractivity contribution in [3.8, 4) is 16.8 Å². The number of carbonyl (C=O) groups is 3. The van der Waals surface area contributed by atoms with E-state index < -0.39 is 11.7 Å². The Morgan fingerprint density at radius 1 is 0.978 bits per heavy atom. The van der Waals surface area contributed by atoms with Gasteiger partial charge in [0.05, 0.1) is 11.9 Å². The smallest absolute Gasteiger partial charge is 0.407 e. The van der Waals surface area contributed by atoms with E-state index in [1.165, 1.54) is 0 Å². The molecule has 0 spiro atoms. The van der Waals surface area contributed by atoms with Gasteiger partial charge in [0, 0.05) is 61.8 Å². The molecule has 11 heteroatoms. The van der Waals surface area contributed by atoms with Crippen molar-refractivity contribution in [3.05, 3.63) is 84.4 Å². The maximum absolute atomic E-state index is 13.4. The van der Waals surface area contributed by atoms with E-state index in [4.69, 9.17) is 9.72 Å². The number of nitrogens with zero attached hydrogens (tertiary/aromatic N) is 5. The molecule has 4 aromatic rings. The number of para-hydroxylation sites is 1. The average Bonchev–Trinajstić information content (AvgIpc) is 3.63. The predicted octanol–water partition coefficient (Wildman–Crippen LogP) is 5.36. The first-order valence-electron chi connectivity index (χ1n) is 15.4. The molecule has 0 unspecified atom stereocenters. The Kier molecular flexibility index (Phi) is 9.65. The summed E-state index contributed by atoms with van der Waals surface area (Å²) < 4.78 is 8.94. The summed E-state index contributed by atoms with van der Waals surface area (Å²) in [5, 5.41) is 10.1. The first-order valence-corrected chi connectivity index (χ1v) is 15.4. The number of anilines is 1. The van der Waals surface area contributed by atoms with Crippen molar-refractivity contribution in [2.24, 2.45) is 7.05 Å². The summed E-state index contributed by atoms with van der Waals surface area (Å²) >= 11 is 0. The molecule has 2 N–H and O–H groups in total. The van der Waals surface area contributed by atoms with Gasteiger partial charge in [0.2, 0.25) is 11.9 Å². The van der Waals surface area contributed by atoms with Gasteiger partial charge in [-0.25, -0.2) is 9.78 Å². The lowest BCUT2D eigenvalue weighted by Gasteiger charge is -2.33. The van der Waals surface area contributed by atoms with Gasteiger partial charge in [-0.05, 0) is 76.3 Å². The lowest BCUT2D eigenvalue weighted by Crippen LogP contribution is -2.47. The quantitative estimate of drug-likeness (QED) is 0.263. The first-order chi connectivity index (χ1) is 21.5. The standard InChI is InChI=1S/C34H41N7O4/c1-34(2,3)45-33(44)37-27-16-18-40(19-17-27)30(42)15-9-12-28-23-41(29-13-6-5-7-14-29)32(36-28)38-31(43)25-11-8-10-24(20-25)26-21-35-39(4)22-26/h5-8,10-11,13-14,20-23,27H,9,12,15-19H2,1-4H3,(H,37,44)(H,36,38,43). The molecule has 236 valence electrons. The van der Waals surface area contributed by atoms with Crippen LogP contribution in [0.1, 0.15) is 62.5 Å². The summed E-state index contributed by atoms with van der Waals surface area (Å²) in [5.74, 6) is 0.240. The summed E-state index contributed by atoms with van der Waals surface area (Å²) in [5.41, 5.74) is 3.45. The topological polar surface area (TPSA) is 123 Å². The number of aryl methyl sites for hydroxylation is 2. The minimum atomic E-state index is -0.545. The Balaban J connectivity index is 1.18. The number of nitrogens with one attached hydrogen (secondary N) is 2. The van der Waals surface area contributed by atoms with E-state index in [-0.39, 0.29) is 17.9 Å². The number of aromatic nitrogens is 4. The third-order valence-electron chi connectivity index (χ3n) is 7.57. The Morgan fingerprint density at radius 3 is 2.42 bits per heavy atom. The van der Waals surface area contributed by atoms with Crippen LogP contribution in [0.3, 0.4) is 0 Å². The molecule has 1 aliphatic heterocycles. The van der Waals surface area contributed by atoms with E-state index in [0.29, 0.717) is 56.7 Å². The monoisotopic (exact) mass is 611 g/mol. The van der Waals surface area contributed by atoms with Gasteiger partial charge in [0.1, 0.15) is 5.60 Å². The first kappa shape index (κ1) is 31.5. The number of rotatable bonds is 9. The normalized spacial score (nSPS) is 13.8. The van der Waals surface area contributed by atoms with Crippen molar-refractivity contribution < 1.29 is 19.1 Å². The van der Waals surface area contributed by atoms with Crippen molar-refractivity contribution in [2.75, 3.05) is 18.4 Å². The summed E-state index contributed by atoms with van der Waals surface area (Å²) in [4.78, 5) is 45.0. The molecule has 0 saturated carbocycles. The van der Waals surface area contributed by atoms with Crippen LogP contribution in [0.2, 0.25) is 0 Å². The zero-order valence-electron chi connectivity index (χ0n) is 26.3. The molecule has 1 aliphatic rings. The number of likely N-dealkylation sites (tertiary alicyclic amines) is 1. The molecule has 2 aromatic heterocycles. The highest BCUT2D eigenvalue weighted by Gasteiger charge is 2.25. The van der Waals surface area contributed by atoms with Crippen LogP contribution in [-0.2, 0) is 23.0 Å². The van der Waals surface area contributed by atoms with Gasteiger partial charge in [-0.1, -0.05) is 30.3 Å². The summed E-state index contributed by atoms with van der Waals surface area (Å²) in [6.45, 7) is 6.70. The molecular formula is C34H41N7O4. The van der Waals surface area contributed by atoms with Crippen LogP contribution < -0.4 is 10.6 Å². The number of hydrogen-bond donors (Lipinski definition) is 2. The Morgan fingerprint density at radius 2 is 1.73 bits per heavy atom. The van der Waals surface area contributed by atoms with Crippen molar-refractivity contribution in [1.82, 2.24) is 29.5 Å². The van der Waals surface area contributed by atoms with Gasteiger partial charge in [0.15, 0.2) is 0 Å². The van der Waals surface area contributed by atoms with Crippen LogP contribution in [0.5, 0.6) is 0 Å². The van der Waals surface area contributed by atoms with Crippen LogP contribution >= 0.6 is 0 Å². The number of carbonyl (C=O) groups excluding carboxylic acids is 3. The minimum absolute atomic E-state index is 0.00250. The molecule has 1 saturated heterocycles. The molecular weight excluding hydrogens is 570 g/mol. The van der Waals surface area contributed by atoms with Gasteiger partial charge in [-0.3, -0.25) is 24.2 Å². The van der Waals surface area contributed by atoms with E-state index >= 15 is 0 Å². The fourth-order valence-corrected chi connectivity index (χ4v) is 5.33. The molecule has 5 rings (SSSR count). The number of piperidine rings is 1. The molecule has 2 aromatic carbocycles. The highest BCUT2D eigenvalue weighted by atomic mass is 16.6. The van der Waals surface area contributed by atoms with E-state index in [9.17, 15) is 14.4 Å². The van der Waals surface area contributed by atoms with Crippen molar-refractivity contribution in [2.45, 2.75) is 64.5 Å². The molecule has 3 heterocycles. The molecule has 0 atom stereocenters. The zero-order valence-corrected chi connectivity index (χ0v) is 26.3. The van der Waals surface area contributed by atoms with E-state index in [2.05, 4.69) is 15.7 Å². The SMILES string of the molecule is Cn1cc(-c2cccc(C(=O)Nc3nc(CCCC(=O)N4CCC(NC(=O)OC(C)(C)C)CC4)cn3-c3ccccc3)c2)cn1. The second-order valence-electron chi connectivity index (χ2n) is 12.4. The van der Waals surface area contributed by atoms with Gasteiger partial charge in [-0.15, -0.1) is 0 Å². The minimum Gasteiger partial charge on any atom is -0.444 e. The third-order valence-corrected chi connectivity index (χ3v) is 7.57. The van der Waals surface area contributed by atoms with E-state index in [1.807, 2.05) is 98.2 Å². The van der Waals surface area contributed by atoms with Crippen LogP contribution in [-0.4, -0.2) is 66.9 Å². The number of imidazole rings is 1. The fraction of sp³-hybridized carbons (Fsp3) is 0.382. The van der Waals surface area contributed by atoms with E-state index in [0.717, 1.165) is 22.5 Å². The second-order valence-corrected chi connectivity index (χ2v) is 12.4. The van der Waals surface area contributed by atoms with Gasteiger partial charge in [0.25, 0.3) is 5.91 Å². The molecule has 3 amide bonds. The van der Waals surface area contributed by atoms with Crippen LogP contribution in [0.25, 0.3) is 16.8 Å². The maximum Gasteiger partial charge on any atom is 0.407 e. The highest BCUT2D eigenvalue weighted by Crippen LogP contribution is 2.22. The van der Waals surface area contributed by atoms with Crippen molar-refractivity contribution in [1.29, 1.82) is 0 Å². The third kappa shape index (κ3) is 8.59. The Bertz CT molecular complexity index is 1630. The summed E-state index contributed by atoms with van der Waals surface area (Å²) in [7, 11) is 1.85. The largest absolute Gasteiger partial charge is 0.444 e. The van der Waals surface area contributed by atoms with Gasteiger partial charge < -0.3 is 15.0 Å². The average molecular weight is 612 g/mol. The number of alkyl carbamates (subject to hydrolysis) is 1. The fourth-order valence-electron chi connectivity index (χ4n) is 5.33. The molecule has 0 radical (unpaired) electrons. The molecule has 11 nitrogen and oxygen atoms in total. The lowest BCUT2D eigenvalue weighted by molar-refractivity contribution is -0.132. The lowest BCUT2D eigenvalue weighted by atomic mass is 10.0. The Labute approximate surface area is 263 Å². The highest BCUT2D eigenvalue weighted by molar-refractivity contribution is 6.04. The van der Waals surface area contributed by atoms with Crippen molar-refractivity contribution >= 4 is 23.9 Å². The molecule has 0 aliphatic carbocycles.